The molecule has 0 aliphatic carbocycles. The Morgan fingerprint density at radius 1 is 1.33 bits per heavy atom. The van der Waals surface area contributed by atoms with Gasteiger partial charge in [-0.1, -0.05) is 0 Å². The molecule has 2 N–H and O–H groups in total. The van der Waals surface area contributed by atoms with Crippen molar-refractivity contribution in [3.8, 4) is 11.6 Å². The maximum atomic E-state index is 10.9. The van der Waals surface area contributed by atoms with Crippen molar-refractivity contribution in [2.45, 2.75) is 6.92 Å². The second-order valence-corrected chi connectivity index (χ2v) is 3.61. The quantitative estimate of drug-likeness (QED) is 0.656. The van der Waals surface area contributed by atoms with Gasteiger partial charge in [-0.15, -0.1) is 0 Å². The summed E-state index contributed by atoms with van der Waals surface area (Å²) in [6, 6.07) is 4.50. The number of hydrogen-bond acceptors (Lipinski definition) is 6. The van der Waals surface area contributed by atoms with Crippen molar-refractivity contribution in [1.82, 2.24) is 9.97 Å². The lowest BCUT2D eigenvalue weighted by atomic mass is 10.3. The van der Waals surface area contributed by atoms with Gasteiger partial charge in [0.2, 0.25) is 0 Å². The van der Waals surface area contributed by atoms with E-state index < -0.39 is 4.92 Å². The van der Waals surface area contributed by atoms with E-state index in [0.717, 1.165) is 0 Å². The molecule has 0 saturated heterocycles. The molecule has 7 heteroatoms. The van der Waals surface area contributed by atoms with Crippen LogP contribution in [0.3, 0.4) is 0 Å². The summed E-state index contributed by atoms with van der Waals surface area (Å²) in [6.07, 6.45) is 2.87. The Hall–Kier alpha value is -2.70. The third-order valence-electron chi connectivity index (χ3n) is 2.14. The molecule has 7 nitrogen and oxygen atoms in total. The molecule has 0 saturated carbocycles. The lowest BCUT2D eigenvalue weighted by Gasteiger charge is -2.05. The molecule has 2 aromatic rings. The summed E-state index contributed by atoms with van der Waals surface area (Å²) in [5.74, 6) is 0.606. The van der Waals surface area contributed by atoms with Crippen molar-refractivity contribution in [2.24, 2.45) is 0 Å². The first kappa shape index (κ1) is 11.8. The van der Waals surface area contributed by atoms with Gasteiger partial charge in [0, 0.05) is 12.3 Å². The molecule has 0 aliphatic heterocycles. The van der Waals surface area contributed by atoms with Crippen LogP contribution in [-0.2, 0) is 0 Å². The van der Waals surface area contributed by atoms with Crippen molar-refractivity contribution in [1.29, 1.82) is 0 Å². The SMILES string of the molecule is Cc1cnc(Oc2ccc(N)nc2)c([N+](=O)[O-])c1. The smallest absolute Gasteiger partial charge is 0.331 e. The highest BCUT2D eigenvalue weighted by atomic mass is 16.6. The molecule has 0 aromatic carbocycles. The standard InChI is InChI=1S/C11H10N4O3/c1-7-4-9(15(16)17)11(14-5-7)18-8-2-3-10(12)13-6-8/h2-6H,1H3,(H2,12,13). The molecule has 0 bridgehead atoms. The molecule has 2 heterocycles. The molecule has 0 unspecified atom stereocenters. The zero-order valence-corrected chi connectivity index (χ0v) is 9.53. The number of nitrogen functional groups attached to an aromatic ring is 1. The summed E-state index contributed by atoms with van der Waals surface area (Å²) >= 11 is 0. The highest BCUT2D eigenvalue weighted by molar-refractivity contribution is 5.45. The Labute approximate surface area is 102 Å². The Morgan fingerprint density at radius 2 is 2.11 bits per heavy atom. The van der Waals surface area contributed by atoms with Gasteiger partial charge in [-0.05, 0) is 24.6 Å². The van der Waals surface area contributed by atoms with Gasteiger partial charge >= 0.3 is 5.69 Å². The summed E-state index contributed by atoms with van der Waals surface area (Å²) in [5.41, 5.74) is 5.92. The van der Waals surface area contributed by atoms with Crippen LogP contribution in [-0.4, -0.2) is 14.9 Å². The molecular formula is C11H10N4O3. The van der Waals surface area contributed by atoms with E-state index in [-0.39, 0.29) is 11.6 Å². The van der Waals surface area contributed by atoms with Crippen molar-refractivity contribution in [3.63, 3.8) is 0 Å². The Bertz CT molecular complexity index is 583. The van der Waals surface area contributed by atoms with Crippen LogP contribution in [0.15, 0.2) is 30.6 Å². The van der Waals surface area contributed by atoms with Crippen molar-refractivity contribution < 1.29 is 9.66 Å². The van der Waals surface area contributed by atoms with E-state index in [1.54, 1.807) is 13.0 Å². The number of ether oxygens (including phenoxy) is 1. The lowest BCUT2D eigenvalue weighted by molar-refractivity contribution is -0.386. The molecule has 0 fully saturated rings. The maximum absolute atomic E-state index is 10.9. The summed E-state index contributed by atoms with van der Waals surface area (Å²) in [5, 5.41) is 10.9. The summed E-state index contributed by atoms with van der Waals surface area (Å²) in [6.45, 7) is 1.72. The van der Waals surface area contributed by atoms with Gasteiger partial charge in [-0.3, -0.25) is 10.1 Å². The number of pyridine rings is 2. The van der Waals surface area contributed by atoms with Crippen LogP contribution in [0.4, 0.5) is 11.5 Å². The molecule has 0 spiro atoms. The van der Waals surface area contributed by atoms with Gasteiger partial charge < -0.3 is 10.5 Å². The van der Waals surface area contributed by atoms with Crippen LogP contribution in [0.1, 0.15) is 5.56 Å². The van der Waals surface area contributed by atoms with Crippen molar-refractivity contribution in [2.75, 3.05) is 5.73 Å². The second kappa shape index (κ2) is 4.66. The van der Waals surface area contributed by atoms with E-state index in [4.69, 9.17) is 10.5 Å². The first-order valence-corrected chi connectivity index (χ1v) is 5.06. The largest absolute Gasteiger partial charge is 0.432 e. The fourth-order valence-corrected chi connectivity index (χ4v) is 1.31. The van der Waals surface area contributed by atoms with E-state index in [1.165, 1.54) is 24.5 Å². The molecule has 0 atom stereocenters. The Kier molecular flexibility index (Phi) is 3.05. The van der Waals surface area contributed by atoms with Crippen LogP contribution < -0.4 is 10.5 Å². The Balaban J connectivity index is 2.34. The normalized spacial score (nSPS) is 10.1. The predicted molar refractivity (Wildman–Crippen MR) is 64.4 cm³/mol. The molecular weight excluding hydrogens is 236 g/mol. The highest BCUT2D eigenvalue weighted by Gasteiger charge is 2.17. The number of aryl methyl sites for hydroxylation is 1. The van der Waals surface area contributed by atoms with Gasteiger partial charge in [0.1, 0.15) is 11.6 Å². The van der Waals surface area contributed by atoms with Gasteiger partial charge in [0.15, 0.2) is 0 Å². The molecule has 92 valence electrons. The molecule has 0 radical (unpaired) electrons. The molecule has 0 amide bonds. The number of nitrogens with two attached hydrogens (primary N) is 1. The summed E-state index contributed by atoms with van der Waals surface area (Å²) in [7, 11) is 0. The Morgan fingerprint density at radius 3 is 2.72 bits per heavy atom. The summed E-state index contributed by atoms with van der Waals surface area (Å²) < 4.78 is 5.31. The first-order valence-electron chi connectivity index (χ1n) is 5.06. The first-order chi connectivity index (χ1) is 8.56. The minimum absolute atomic E-state index is 0.0721. The molecule has 2 aromatic heterocycles. The van der Waals surface area contributed by atoms with Gasteiger partial charge in [-0.25, -0.2) is 9.97 Å². The van der Waals surface area contributed by atoms with Crippen LogP contribution in [0.2, 0.25) is 0 Å². The number of hydrogen-bond donors (Lipinski definition) is 1. The summed E-state index contributed by atoms with van der Waals surface area (Å²) in [4.78, 5) is 18.0. The molecule has 2 rings (SSSR count). The maximum Gasteiger partial charge on any atom is 0.331 e. The number of aromatic nitrogens is 2. The number of anilines is 1. The minimum Gasteiger partial charge on any atom is -0.432 e. The molecule has 18 heavy (non-hydrogen) atoms. The molecule has 0 aliphatic rings. The van der Waals surface area contributed by atoms with E-state index in [0.29, 0.717) is 17.1 Å². The topological polar surface area (TPSA) is 104 Å². The average Bonchev–Trinajstić information content (AvgIpc) is 2.34. The van der Waals surface area contributed by atoms with Gasteiger partial charge in [0.25, 0.3) is 5.88 Å². The van der Waals surface area contributed by atoms with Gasteiger partial charge in [0.05, 0.1) is 11.1 Å². The van der Waals surface area contributed by atoms with E-state index in [2.05, 4.69) is 9.97 Å². The predicted octanol–water partition coefficient (Wildman–Crippen LogP) is 2.07. The second-order valence-electron chi connectivity index (χ2n) is 3.61. The van der Waals surface area contributed by atoms with Gasteiger partial charge in [-0.2, -0.15) is 0 Å². The fourth-order valence-electron chi connectivity index (χ4n) is 1.31. The van der Waals surface area contributed by atoms with Crippen molar-refractivity contribution in [3.05, 3.63) is 46.3 Å². The van der Waals surface area contributed by atoms with Crippen LogP contribution in [0, 0.1) is 17.0 Å². The van der Waals surface area contributed by atoms with E-state index >= 15 is 0 Å². The fraction of sp³-hybridized carbons (Fsp3) is 0.0909. The third-order valence-corrected chi connectivity index (χ3v) is 2.14. The van der Waals surface area contributed by atoms with E-state index in [1.807, 2.05) is 0 Å². The zero-order valence-electron chi connectivity index (χ0n) is 9.53. The number of nitro groups is 1. The lowest BCUT2D eigenvalue weighted by Crippen LogP contribution is -1.97. The minimum atomic E-state index is -0.542. The zero-order chi connectivity index (χ0) is 13.1. The van der Waals surface area contributed by atoms with Crippen LogP contribution in [0.5, 0.6) is 11.6 Å². The van der Waals surface area contributed by atoms with Crippen LogP contribution in [0.25, 0.3) is 0 Å². The average molecular weight is 246 g/mol. The third kappa shape index (κ3) is 2.51. The van der Waals surface area contributed by atoms with E-state index in [9.17, 15) is 10.1 Å². The van der Waals surface area contributed by atoms with Crippen molar-refractivity contribution >= 4 is 11.5 Å². The highest BCUT2D eigenvalue weighted by Crippen LogP contribution is 2.29. The number of rotatable bonds is 3. The number of nitrogens with zero attached hydrogens (tertiary/aromatic N) is 3. The van der Waals surface area contributed by atoms with Crippen LogP contribution >= 0.6 is 0 Å². The monoisotopic (exact) mass is 246 g/mol.